The molecule has 0 amide bonds. The minimum Gasteiger partial charge on any atom is -0.396 e. The molecule has 4 N–H and O–H groups in total. The van der Waals surface area contributed by atoms with Crippen molar-refractivity contribution in [3.8, 4) is 0 Å². The van der Waals surface area contributed by atoms with E-state index in [0.29, 0.717) is 41.2 Å². The minimum absolute atomic E-state index is 0.0600. The van der Waals surface area contributed by atoms with Crippen LogP contribution in [0.2, 0.25) is 0 Å². The Balaban J connectivity index is 1.87. The zero-order chi connectivity index (χ0) is 21.3. The Labute approximate surface area is 174 Å². The van der Waals surface area contributed by atoms with Crippen LogP contribution in [0.4, 0.5) is 17.1 Å². The van der Waals surface area contributed by atoms with Crippen LogP contribution in [0, 0.1) is 0 Å². The number of nitrogens with one attached hydrogen (secondary N) is 1. The molecule has 0 aliphatic heterocycles. The number of hydrogen-bond acceptors (Lipinski definition) is 6. The molecule has 0 unspecified atom stereocenters. The molecule has 0 aromatic heterocycles. The first-order chi connectivity index (χ1) is 14.5. The normalized spacial score (nSPS) is 12.3. The molecule has 3 aromatic rings. The van der Waals surface area contributed by atoms with Crippen molar-refractivity contribution in [3.63, 3.8) is 0 Å². The highest BCUT2D eigenvalue weighted by molar-refractivity contribution is 6.32. The van der Waals surface area contributed by atoms with Crippen LogP contribution in [-0.2, 0) is 6.54 Å². The minimum atomic E-state index is -0.264. The second kappa shape index (κ2) is 8.00. The lowest BCUT2D eigenvalue weighted by Crippen LogP contribution is -2.28. The molecule has 6 heteroatoms. The molecule has 0 radical (unpaired) electrons. The zero-order valence-corrected chi connectivity index (χ0v) is 16.7. The zero-order valence-electron chi connectivity index (χ0n) is 16.7. The lowest BCUT2D eigenvalue weighted by Gasteiger charge is -2.27. The van der Waals surface area contributed by atoms with Gasteiger partial charge < -0.3 is 21.1 Å². The average molecular weight is 401 g/mol. The van der Waals surface area contributed by atoms with Gasteiger partial charge in [0.05, 0.1) is 29.1 Å². The molecule has 0 bridgehead atoms. The number of nitrogens with two attached hydrogens (primary N) is 1. The van der Waals surface area contributed by atoms with E-state index >= 15 is 0 Å². The number of ketones is 2. The maximum atomic E-state index is 13.3. The van der Waals surface area contributed by atoms with Gasteiger partial charge in [0.15, 0.2) is 11.6 Å². The van der Waals surface area contributed by atoms with Crippen LogP contribution in [0.15, 0.2) is 60.7 Å². The Morgan fingerprint density at radius 3 is 2.17 bits per heavy atom. The summed E-state index contributed by atoms with van der Waals surface area (Å²) in [5.41, 5.74) is 10.1. The van der Waals surface area contributed by atoms with Crippen molar-refractivity contribution < 1.29 is 14.7 Å². The lowest BCUT2D eigenvalue weighted by molar-refractivity contribution is 0.0980. The highest BCUT2D eigenvalue weighted by atomic mass is 16.3. The van der Waals surface area contributed by atoms with E-state index in [1.807, 2.05) is 30.3 Å². The second-order valence-corrected chi connectivity index (χ2v) is 7.30. The number of carbonyl (C=O) groups is 2. The van der Waals surface area contributed by atoms with Crippen molar-refractivity contribution in [3.05, 3.63) is 88.5 Å². The maximum absolute atomic E-state index is 13.3. The number of rotatable bonds is 6. The Morgan fingerprint density at radius 2 is 1.53 bits per heavy atom. The van der Waals surface area contributed by atoms with Gasteiger partial charge in [-0.15, -0.1) is 0 Å². The van der Waals surface area contributed by atoms with Crippen molar-refractivity contribution in [2.45, 2.75) is 6.54 Å². The third-order valence-corrected chi connectivity index (χ3v) is 5.39. The first-order valence-corrected chi connectivity index (χ1v) is 9.77. The standard InChI is InChI=1S/C24H23N3O3/c1-27(11-12-28)19-13-18(26-14-15-7-3-2-4-8-15)20-21(22(19)25)24(30)17-10-6-5-9-16(17)23(20)29/h2-10,13,26,28H,11-12,14,25H2,1H3. The van der Waals surface area contributed by atoms with E-state index < -0.39 is 0 Å². The summed E-state index contributed by atoms with van der Waals surface area (Å²) in [4.78, 5) is 28.4. The van der Waals surface area contributed by atoms with Crippen LogP contribution < -0.4 is 16.0 Å². The fourth-order valence-electron chi connectivity index (χ4n) is 3.82. The third kappa shape index (κ3) is 3.31. The molecule has 30 heavy (non-hydrogen) atoms. The average Bonchev–Trinajstić information content (AvgIpc) is 2.77. The highest BCUT2D eigenvalue weighted by Crippen LogP contribution is 2.40. The molecule has 1 aliphatic rings. The number of aliphatic hydroxyl groups is 1. The number of hydrogen-bond donors (Lipinski definition) is 3. The largest absolute Gasteiger partial charge is 0.396 e. The number of benzene rings is 3. The van der Waals surface area contributed by atoms with Gasteiger partial charge in [-0.1, -0.05) is 54.6 Å². The molecule has 1 aliphatic carbocycles. The van der Waals surface area contributed by atoms with Gasteiger partial charge in [-0.3, -0.25) is 9.59 Å². The summed E-state index contributed by atoms with van der Waals surface area (Å²) in [7, 11) is 1.79. The molecule has 0 saturated carbocycles. The Hall–Kier alpha value is -3.64. The lowest BCUT2D eigenvalue weighted by atomic mass is 9.81. The van der Waals surface area contributed by atoms with E-state index in [9.17, 15) is 14.7 Å². The van der Waals surface area contributed by atoms with Crippen molar-refractivity contribution in [1.29, 1.82) is 0 Å². The molecule has 4 rings (SSSR count). The van der Waals surface area contributed by atoms with E-state index in [0.717, 1.165) is 5.56 Å². The molecule has 0 atom stereocenters. The van der Waals surface area contributed by atoms with Crippen LogP contribution in [0.1, 0.15) is 37.4 Å². The van der Waals surface area contributed by atoms with Gasteiger partial charge in [0, 0.05) is 37.0 Å². The second-order valence-electron chi connectivity index (χ2n) is 7.30. The summed E-state index contributed by atoms with van der Waals surface area (Å²) >= 11 is 0. The van der Waals surface area contributed by atoms with Gasteiger partial charge in [0.1, 0.15) is 0 Å². The van der Waals surface area contributed by atoms with Gasteiger partial charge in [-0.25, -0.2) is 0 Å². The number of anilines is 3. The molecule has 3 aromatic carbocycles. The number of likely N-dealkylation sites (N-methyl/N-ethyl adjacent to an activating group) is 1. The van der Waals surface area contributed by atoms with Gasteiger partial charge in [0.2, 0.25) is 0 Å². The predicted molar refractivity (Wildman–Crippen MR) is 118 cm³/mol. The Morgan fingerprint density at radius 1 is 0.933 bits per heavy atom. The summed E-state index contributed by atoms with van der Waals surface area (Å²) in [6.07, 6.45) is 0. The smallest absolute Gasteiger partial charge is 0.196 e. The van der Waals surface area contributed by atoms with Crippen LogP contribution in [0.5, 0.6) is 0 Å². The van der Waals surface area contributed by atoms with Crippen molar-refractivity contribution in [2.24, 2.45) is 0 Å². The summed E-state index contributed by atoms with van der Waals surface area (Å²) in [5.74, 6) is -0.487. The van der Waals surface area contributed by atoms with Gasteiger partial charge in [-0.05, 0) is 11.6 Å². The van der Waals surface area contributed by atoms with Crippen molar-refractivity contribution in [2.75, 3.05) is 36.1 Å². The predicted octanol–water partition coefficient (Wildman–Crippen LogP) is 3.08. The molecule has 6 nitrogen and oxygen atoms in total. The molecule has 152 valence electrons. The Kier molecular flexibility index (Phi) is 5.25. The third-order valence-electron chi connectivity index (χ3n) is 5.39. The van der Waals surface area contributed by atoms with Gasteiger partial charge in [0.25, 0.3) is 0 Å². The first kappa shape index (κ1) is 19.7. The monoisotopic (exact) mass is 401 g/mol. The molecule has 0 fully saturated rings. The summed E-state index contributed by atoms with van der Waals surface area (Å²) < 4.78 is 0. The molecule has 0 saturated heterocycles. The quantitative estimate of drug-likeness (QED) is 0.430. The fraction of sp³-hybridized carbons (Fsp3) is 0.167. The van der Waals surface area contributed by atoms with E-state index in [4.69, 9.17) is 5.73 Å². The summed E-state index contributed by atoms with van der Waals surface area (Å²) in [6, 6.07) is 18.4. The van der Waals surface area contributed by atoms with Crippen molar-refractivity contribution in [1.82, 2.24) is 0 Å². The molecule has 0 spiro atoms. The van der Waals surface area contributed by atoms with Crippen molar-refractivity contribution >= 4 is 28.6 Å². The number of fused-ring (bicyclic) bond motifs is 2. The summed E-state index contributed by atoms with van der Waals surface area (Å²) in [5, 5.41) is 12.7. The molecular weight excluding hydrogens is 378 g/mol. The van der Waals surface area contributed by atoms with Crippen LogP contribution in [0.3, 0.4) is 0 Å². The molecular formula is C24H23N3O3. The van der Waals surface area contributed by atoms with Crippen LogP contribution in [0.25, 0.3) is 0 Å². The van der Waals surface area contributed by atoms with Crippen LogP contribution in [-0.4, -0.2) is 36.9 Å². The van der Waals surface area contributed by atoms with E-state index in [1.165, 1.54) is 0 Å². The van der Waals surface area contributed by atoms with E-state index in [1.54, 1.807) is 42.3 Å². The first-order valence-electron chi connectivity index (χ1n) is 9.77. The van der Waals surface area contributed by atoms with Gasteiger partial charge in [-0.2, -0.15) is 0 Å². The highest BCUT2D eigenvalue weighted by Gasteiger charge is 2.35. The fourth-order valence-corrected chi connectivity index (χ4v) is 3.82. The number of carbonyl (C=O) groups excluding carboxylic acids is 2. The van der Waals surface area contributed by atoms with Gasteiger partial charge >= 0.3 is 0 Å². The number of nitrogen functional groups attached to an aromatic ring is 1. The Bertz CT molecular complexity index is 1130. The van der Waals surface area contributed by atoms with Crippen LogP contribution >= 0.6 is 0 Å². The summed E-state index contributed by atoms with van der Waals surface area (Å²) in [6.45, 7) is 0.777. The maximum Gasteiger partial charge on any atom is 0.196 e. The number of nitrogens with zero attached hydrogens (tertiary/aromatic N) is 1. The van der Waals surface area contributed by atoms with E-state index in [-0.39, 0.29) is 29.4 Å². The SMILES string of the molecule is CN(CCO)c1cc(NCc2ccccc2)c2c(c1N)C(=O)c1ccccc1C2=O. The topological polar surface area (TPSA) is 95.7 Å². The number of aliphatic hydroxyl groups excluding tert-OH is 1. The molecule has 0 heterocycles. The van der Waals surface area contributed by atoms with E-state index in [2.05, 4.69) is 5.32 Å².